The van der Waals surface area contributed by atoms with Gasteiger partial charge in [0.1, 0.15) is 13.2 Å². The number of rotatable bonds is 6. The quantitative estimate of drug-likeness (QED) is 0.812. The Balaban J connectivity index is 1.57. The van der Waals surface area contributed by atoms with E-state index in [1.54, 1.807) is 36.5 Å². The molecule has 0 spiro atoms. The molecule has 7 heteroatoms. The molecule has 1 N–H and O–H groups in total. The van der Waals surface area contributed by atoms with Crippen LogP contribution >= 0.6 is 0 Å². The number of amides is 1. The molecule has 2 heterocycles. The number of Topliss-reactive ketones (excluding diaryl/α,β-unsaturated/α-hetero) is 1. The minimum atomic E-state index is -0.303. The topological polar surface area (TPSA) is 86.8 Å². The zero-order valence-corrected chi connectivity index (χ0v) is 13.8. The van der Waals surface area contributed by atoms with E-state index in [9.17, 15) is 9.59 Å². The summed E-state index contributed by atoms with van der Waals surface area (Å²) in [4.78, 5) is 28.4. The molecule has 1 aromatic carbocycles. The van der Waals surface area contributed by atoms with E-state index in [4.69, 9.17) is 14.2 Å². The number of nitrogens with zero attached hydrogens (tertiary/aromatic N) is 1. The maximum atomic E-state index is 12.3. The number of carbonyl (C=O) groups excluding carboxylic acids is 2. The second-order valence-corrected chi connectivity index (χ2v) is 5.38. The SMILES string of the molecule is COc1cccnc1NC(=O)CCC(=O)c1ccc2c(c1)OCCO2. The predicted molar refractivity (Wildman–Crippen MR) is 90.4 cm³/mol. The Hall–Kier alpha value is -3.09. The Morgan fingerprint density at radius 1 is 1.16 bits per heavy atom. The van der Waals surface area contributed by atoms with Gasteiger partial charge in [-0.2, -0.15) is 0 Å². The number of methoxy groups -OCH3 is 1. The van der Waals surface area contributed by atoms with Gasteiger partial charge in [-0.05, 0) is 30.3 Å². The highest BCUT2D eigenvalue weighted by molar-refractivity contribution is 6.00. The molecule has 1 aromatic heterocycles. The zero-order chi connectivity index (χ0) is 17.6. The monoisotopic (exact) mass is 342 g/mol. The molecule has 0 aliphatic carbocycles. The number of nitrogens with one attached hydrogen (secondary N) is 1. The van der Waals surface area contributed by atoms with Gasteiger partial charge in [-0.25, -0.2) is 4.98 Å². The molecule has 2 aromatic rings. The average Bonchev–Trinajstić information content (AvgIpc) is 2.66. The Morgan fingerprint density at radius 3 is 2.76 bits per heavy atom. The predicted octanol–water partition coefficient (Wildman–Crippen LogP) is 2.46. The third-order valence-corrected chi connectivity index (χ3v) is 3.69. The third-order valence-electron chi connectivity index (χ3n) is 3.69. The molecule has 0 saturated carbocycles. The minimum absolute atomic E-state index is 0.0486. The molecule has 0 radical (unpaired) electrons. The van der Waals surface area contributed by atoms with Gasteiger partial charge in [0, 0.05) is 24.6 Å². The lowest BCUT2D eigenvalue weighted by Gasteiger charge is -2.18. The first-order valence-corrected chi connectivity index (χ1v) is 7.89. The van der Waals surface area contributed by atoms with Gasteiger partial charge in [0.05, 0.1) is 7.11 Å². The number of pyridine rings is 1. The first kappa shape index (κ1) is 16.8. The van der Waals surface area contributed by atoms with E-state index in [-0.39, 0.29) is 24.5 Å². The van der Waals surface area contributed by atoms with Crippen LogP contribution in [0.3, 0.4) is 0 Å². The van der Waals surface area contributed by atoms with E-state index >= 15 is 0 Å². The van der Waals surface area contributed by atoms with Crippen LogP contribution < -0.4 is 19.5 Å². The molecule has 0 bridgehead atoms. The van der Waals surface area contributed by atoms with Gasteiger partial charge in [0.15, 0.2) is 28.8 Å². The highest BCUT2D eigenvalue weighted by Gasteiger charge is 2.16. The number of fused-ring (bicyclic) bond motifs is 1. The van der Waals surface area contributed by atoms with E-state index < -0.39 is 0 Å². The average molecular weight is 342 g/mol. The van der Waals surface area contributed by atoms with E-state index in [1.165, 1.54) is 7.11 Å². The molecule has 3 rings (SSSR count). The molecular formula is C18H18N2O5. The number of ether oxygens (including phenoxy) is 3. The Morgan fingerprint density at radius 2 is 1.96 bits per heavy atom. The van der Waals surface area contributed by atoms with Crippen molar-refractivity contribution in [2.75, 3.05) is 25.6 Å². The standard InChI is InChI=1S/C18H18N2O5/c1-23-15-3-2-8-19-18(15)20-17(22)7-5-13(21)12-4-6-14-16(11-12)25-10-9-24-14/h2-4,6,8,11H,5,7,9-10H2,1H3,(H,19,20,22). The van der Waals surface area contributed by atoms with Crippen molar-refractivity contribution in [1.29, 1.82) is 0 Å². The van der Waals surface area contributed by atoms with Crippen LogP contribution in [0.25, 0.3) is 0 Å². The molecule has 1 amide bonds. The summed E-state index contributed by atoms with van der Waals surface area (Å²) in [5.74, 6) is 1.54. The van der Waals surface area contributed by atoms with Crippen molar-refractivity contribution in [1.82, 2.24) is 4.98 Å². The number of aromatic nitrogens is 1. The van der Waals surface area contributed by atoms with Crippen molar-refractivity contribution in [2.24, 2.45) is 0 Å². The summed E-state index contributed by atoms with van der Waals surface area (Å²) in [6.45, 7) is 0.955. The van der Waals surface area contributed by atoms with Crippen molar-refractivity contribution in [3.63, 3.8) is 0 Å². The molecule has 0 saturated heterocycles. The number of hydrogen-bond acceptors (Lipinski definition) is 6. The van der Waals surface area contributed by atoms with E-state index in [2.05, 4.69) is 10.3 Å². The van der Waals surface area contributed by atoms with Gasteiger partial charge in [-0.15, -0.1) is 0 Å². The Bertz CT molecular complexity index is 791. The lowest BCUT2D eigenvalue weighted by molar-refractivity contribution is -0.116. The fourth-order valence-electron chi connectivity index (χ4n) is 2.43. The van der Waals surface area contributed by atoms with E-state index in [0.717, 1.165) is 0 Å². The van der Waals surface area contributed by atoms with Crippen LogP contribution in [0.15, 0.2) is 36.5 Å². The zero-order valence-electron chi connectivity index (χ0n) is 13.8. The molecule has 1 aliphatic heterocycles. The van der Waals surface area contributed by atoms with Crippen LogP contribution in [0.2, 0.25) is 0 Å². The van der Waals surface area contributed by atoms with Crippen molar-refractivity contribution in [3.8, 4) is 17.2 Å². The summed E-state index contributed by atoms with van der Waals surface area (Å²) in [5, 5.41) is 2.65. The van der Waals surface area contributed by atoms with Gasteiger partial charge < -0.3 is 19.5 Å². The van der Waals surface area contributed by atoms with Crippen molar-refractivity contribution >= 4 is 17.5 Å². The Labute approximate surface area is 144 Å². The largest absolute Gasteiger partial charge is 0.493 e. The number of hydrogen-bond donors (Lipinski definition) is 1. The first-order chi connectivity index (χ1) is 12.2. The molecule has 1 aliphatic rings. The van der Waals surface area contributed by atoms with Crippen molar-refractivity contribution in [3.05, 3.63) is 42.1 Å². The normalized spacial score (nSPS) is 12.4. The van der Waals surface area contributed by atoms with Gasteiger partial charge in [-0.3, -0.25) is 9.59 Å². The summed E-state index contributed by atoms with van der Waals surface area (Å²) in [6.07, 6.45) is 1.69. The molecule has 25 heavy (non-hydrogen) atoms. The van der Waals surface area contributed by atoms with Gasteiger partial charge in [-0.1, -0.05) is 0 Å². The van der Waals surface area contributed by atoms with Crippen molar-refractivity contribution in [2.45, 2.75) is 12.8 Å². The summed E-state index contributed by atoms with van der Waals surface area (Å²) in [6, 6.07) is 8.44. The number of ketones is 1. The number of benzene rings is 1. The maximum absolute atomic E-state index is 12.3. The second-order valence-electron chi connectivity index (χ2n) is 5.38. The minimum Gasteiger partial charge on any atom is -0.493 e. The maximum Gasteiger partial charge on any atom is 0.226 e. The van der Waals surface area contributed by atoms with E-state index in [1.807, 2.05) is 0 Å². The van der Waals surface area contributed by atoms with Crippen LogP contribution in [-0.2, 0) is 4.79 Å². The fourth-order valence-corrected chi connectivity index (χ4v) is 2.43. The second kappa shape index (κ2) is 7.65. The lowest BCUT2D eigenvalue weighted by Crippen LogP contribution is -2.16. The van der Waals surface area contributed by atoms with Crippen LogP contribution in [0.5, 0.6) is 17.2 Å². The highest BCUT2D eigenvalue weighted by atomic mass is 16.6. The van der Waals surface area contributed by atoms with Crippen molar-refractivity contribution < 1.29 is 23.8 Å². The van der Waals surface area contributed by atoms with Crippen LogP contribution in [0, 0.1) is 0 Å². The van der Waals surface area contributed by atoms with E-state index in [0.29, 0.717) is 41.8 Å². The number of carbonyl (C=O) groups is 2. The molecule has 0 atom stereocenters. The molecule has 130 valence electrons. The molecule has 0 fully saturated rings. The highest BCUT2D eigenvalue weighted by Crippen LogP contribution is 2.31. The van der Waals surface area contributed by atoms with Gasteiger partial charge >= 0.3 is 0 Å². The van der Waals surface area contributed by atoms with Gasteiger partial charge in [0.2, 0.25) is 5.91 Å². The third kappa shape index (κ3) is 4.06. The van der Waals surface area contributed by atoms with Crippen LogP contribution in [-0.4, -0.2) is 37.0 Å². The fraction of sp³-hybridized carbons (Fsp3) is 0.278. The lowest BCUT2D eigenvalue weighted by atomic mass is 10.1. The first-order valence-electron chi connectivity index (χ1n) is 7.89. The summed E-state index contributed by atoms with van der Waals surface area (Å²) < 4.78 is 16.0. The Kier molecular flexibility index (Phi) is 5.13. The summed E-state index contributed by atoms with van der Waals surface area (Å²) >= 11 is 0. The van der Waals surface area contributed by atoms with Gasteiger partial charge in [0.25, 0.3) is 0 Å². The van der Waals surface area contributed by atoms with Crippen LogP contribution in [0.1, 0.15) is 23.2 Å². The smallest absolute Gasteiger partial charge is 0.226 e. The molecular weight excluding hydrogens is 324 g/mol. The molecule has 0 unspecified atom stereocenters. The molecule has 7 nitrogen and oxygen atoms in total. The summed E-state index contributed by atoms with van der Waals surface area (Å²) in [7, 11) is 1.50. The number of anilines is 1. The summed E-state index contributed by atoms with van der Waals surface area (Å²) in [5.41, 5.74) is 0.493. The van der Waals surface area contributed by atoms with Crippen LogP contribution in [0.4, 0.5) is 5.82 Å².